The van der Waals surface area contributed by atoms with Crippen LogP contribution < -0.4 is 0 Å². The largest absolute Gasteiger partial charge is 0.401 e. The van der Waals surface area contributed by atoms with Crippen LogP contribution in [-0.4, -0.2) is 62.3 Å². The van der Waals surface area contributed by atoms with Crippen LogP contribution in [0.2, 0.25) is 0 Å². The fourth-order valence-electron chi connectivity index (χ4n) is 1.32. The molecule has 0 heterocycles. The quantitative estimate of drug-likeness (QED) is 0.708. The van der Waals surface area contributed by atoms with Gasteiger partial charge in [-0.2, -0.15) is 13.2 Å². The number of aliphatic hydroxyl groups is 1. The van der Waals surface area contributed by atoms with Crippen molar-refractivity contribution in [3.8, 4) is 0 Å². The molecule has 1 N–H and O–H groups in total. The molecule has 0 rings (SSSR count). The van der Waals surface area contributed by atoms with E-state index < -0.39 is 22.6 Å². The van der Waals surface area contributed by atoms with Gasteiger partial charge in [-0.3, -0.25) is 4.90 Å². The normalized spacial score (nSPS) is 13.3. The van der Waals surface area contributed by atoms with Crippen LogP contribution in [0.5, 0.6) is 0 Å². The Morgan fingerprint density at radius 2 is 1.82 bits per heavy atom. The predicted octanol–water partition coefficient (Wildman–Crippen LogP) is 0.668. The third-order valence-electron chi connectivity index (χ3n) is 2.19. The van der Waals surface area contributed by atoms with Crippen LogP contribution >= 0.6 is 0 Å². The lowest BCUT2D eigenvalue weighted by molar-refractivity contribution is -0.146. The van der Waals surface area contributed by atoms with Crippen LogP contribution in [0.25, 0.3) is 0 Å². The first-order chi connectivity index (χ1) is 7.70. The monoisotopic (exact) mass is 277 g/mol. The van der Waals surface area contributed by atoms with Gasteiger partial charge in [-0.1, -0.05) is 6.92 Å². The summed E-state index contributed by atoms with van der Waals surface area (Å²) in [5.74, 6) is -0.129. The van der Waals surface area contributed by atoms with E-state index in [4.69, 9.17) is 5.11 Å². The van der Waals surface area contributed by atoms with Crippen molar-refractivity contribution in [1.29, 1.82) is 0 Å². The molecule has 0 fully saturated rings. The standard InChI is InChI=1S/C9H18F3NO3S/c1-2-17(15,16)7-3-4-13(5-6-14)8-9(10,11)12/h14H,2-8H2,1H3. The van der Waals surface area contributed by atoms with E-state index in [1.165, 1.54) is 6.92 Å². The van der Waals surface area contributed by atoms with E-state index in [0.717, 1.165) is 4.90 Å². The molecule has 0 aromatic rings. The summed E-state index contributed by atoms with van der Waals surface area (Å²) in [7, 11) is -3.14. The molecule has 0 bridgehead atoms. The molecular formula is C9H18F3NO3S. The van der Waals surface area contributed by atoms with E-state index in [1.54, 1.807) is 0 Å². The highest BCUT2D eigenvalue weighted by Crippen LogP contribution is 2.16. The van der Waals surface area contributed by atoms with Gasteiger partial charge in [-0.05, 0) is 13.0 Å². The van der Waals surface area contributed by atoms with Crippen molar-refractivity contribution in [2.24, 2.45) is 0 Å². The number of hydrogen-bond donors (Lipinski definition) is 1. The van der Waals surface area contributed by atoms with E-state index in [9.17, 15) is 21.6 Å². The molecule has 0 amide bonds. The molecule has 0 aromatic heterocycles. The average Bonchev–Trinajstić information content (AvgIpc) is 2.15. The van der Waals surface area contributed by atoms with E-state index in [1.807, 2.05) is 0 Å². The van der Waals surface area contributed by atoms with Crippen molar-refractivity contribution in [3.05, 3.63) is 0 Å². The fourth-order valence-corrected chi connectivity index (χ4v) is 2.17. The number of halogens is 3. The molecule has 0 aliphatic carbocycles. The van der Waals surface area contributed by atoms with Crippen molar-refractivity contribution >= 4 is 9.84 Å². The number of alkyl halides is 3. The van der Waals surface area contributed by atoms with Gasteiger partial charge in [0.05, 0.1) is 18.9 Å². The number of nitrogens with zero attached hydrogens (tertiary/aromatic N) is 1. The molecular weight excluding hydrogens is 259 g/mol. The highest BCUT2D eigenvalue weighted by molar-refractivity contribution is 7.91. The van der Waals surface area contributed by atoms with E-state index in [2.05, 4.69) is 0 Å². The lowest BCUT2D eigenvalue weighted by Gasteiger charge is -2.22. The Morgan fingerprint density at radius 3 is 2.24 bits per heavy atom. The molecule has 0 unspecified atom stereocenters. The zero-order valence-electron chi connectivity index (χ0n) is 9.70. The lowest BCUT2D eigenvalue weighted by atomic mass is 10.4. The summed E-state index contributed by atoms with van der Waals surface area (Å²) in [5.41, 5.74) is 0. The van der Waals surface area contributed by atoms with Crippen LogP contribution in [0.1, 0.15) is 13.3 Å². The molecule has 0 aliphatic heterocycles. The van der Waals surface area contributed by atoms with Gasteiger partial charge in [-0.15, -0.1) is 0 Å². The first-order valence-electron chi connectivity index (χ1n) is 5.30. The van der Waals surface area contributed by atoms with Crippen LogP contribution in [0, 0.1) is 0 Å². The molecule has 4 nitrogen and oxygen atoms in total. The number of rotatable bonds is 8. The Morgan fingerprint density at radius 1 is 1.24 bits per heavy atom. The van der Waals surface area contributed by atoms with Gasteiger partial charge < -0.3 is 5.11 Å². The molecule has 0 saturated carbocycles. The number of sulfone groups is 1. The molecule has 0 radical (unpaired) electrons. The van der Waals surface area contributed by atoms with Gasteiger partial charge in [0.1, 0.15) is 9.84 Å². The highest BCUT2D eigenvalue weighted by Gasteiger charge is 2.30. The van der Waals surface area contributed by atoms with Gasteiger partial charge in [0.2, 0.25) is 0 Å². The summed E-state index contributed by atoms with van der Waals surface area (Å²) >= 11 is 0. The lowest BCUT2D eigenvalue weighted by Crippen LogP contribution is -2.37. The second-order valence-electron chi connectivity index (χ2n) is 3.70. The molecule has 104 valence electrons. The van der Waals surface area contributed by atoms with Gasteiger partial charge >= 0.3 is 6.18 Å². The fraction of sp³-hybridized carbons (Fsp3) is 1.00. The van der Waals surface area contributed by atoms with E-state index >= 15 is 0 Å². The first kappa shape index (κ1) is 16.7. The summed E-state index contributed by atoms with van der Waals surface area (Å²) in [6.07, 6.45) is -4.19. The molecule has 0 aliphatic rings. The summed E-state index contributed by atoms with van der Waals surface area (Å²) in [4.78, 5) is 1.01. The second-order valence-corrected chi connectivity index (χ2v) is 6.18. The number of hydrogen-bond acceptors (Lipinski definition) is 4. The minimum Gasteiger partial charge on any atom is -0.395 e. The Kier molecular flexibility index (Phi) is 7.03. The molecule has 0 spiro atoms. The predicted molar refractivity (Wildman–Crippen MR) is 58.5 cm³/mol. The van der Waals surface area contributed by atoms with Gasteiger partial charge in [0.15, 0.2) is 0 Å². The third-order valence-corrected chi connectivity index (χ3v) is 3.98. The van der Waals surface area contributed by atoms with E-state index in [0.29, 0.717) is 0 Å². The summed E-state index contributed by atoms with van der Waals surface area (Å²) in [6, 6.07) is 0. The first-order valence-corrected chi connectivity index (χ1v) is 7.12. The minimum atomic E-state index is -4.33. The van der Waals surface area contributed by atoms with Crippen LogP contribution in [0.3, 0.4) is 0 Å². The van der Waals surface area contributed by atoms with Crippen molar-refractivity contribution in [3.63, 3.8) is 0 Å². The molecule has 8 heteroatoms. The molecule has 17 heavy (non-hydrogen) atoms. The molecule has 0 atom stereocenters. The van der Waals surface area contributed by atoms with Crippen molar-refractivity contribution in [2.75, 3.05) is 37.7 Å². The van der Waals surface area contributed by atoms with Gasteiger partial charge in [0, 0.05) is 12.3 Å². The van der Waals surface area contributed by atoms with Crippen LogP contribution in [-0.2, 0) is 9.84 Å². The highest BCUT2D eigenvalue weighted by atomic mass is 32.2. The third kappa shape index (κ3) is 9.37. The summed E-state index contributed by atoms with van der Waals surface area (Å²) in [5, 5.41) is 8.61. The Hall–Kier alpha value is -0.340. The van der Waals surface area contributed by atoms with Crippen LogP contribution in [0.15, 0.2) is 0 Å². The van der Waals surface area contributed by atoms with Gasteiger partial charge in [-0.25, -0.2) is 8.42 Å². The average molecular weight is 277 g/mol. The Balaban J connectivity index is 4.10. The smallest absolute Gasteiger partial charge is 0.395 e. The Bertz CT molecular complexity index is 303. The summed E-state index contributed by atoms with van der Waals surface area (Å²) < 4.78 is 58.6. The maximum atomic E-state index is 12.1. The van der Waals surface area contributed by atoms with Crippen molar-refractivity contribution < 1.29 is 26.7 Å². The van der Waals surface area contributed by atoms with Crippen molar-refractivity contribution in [1.82, 2.24) is 4.90 Å². The maximum Gasteiger partial charge on any atom is 0.401 e. The zero-order chi connectivity index (χ0) is 13.5. The SMILES string of the molecule is CCS(=O)(=O)CCCN(CCO)CC(F)(F)F. The summed E-state index contributed by atoms with van der Waals surface area (Å²) in [6.45, 7) is -0.0993. The van der Waals surface area contributed by atoms with E-state index in [-0.39, 0.29) is 37.6 Å². The second kappa shape index (κ2) is 7.17. The molecule has 0 aromatic carbocycles. The minimum absolute atomic E-state index is 0.00767. The molecule has 0 saturated heterocycles. The topological polar surface area (TPSA) is 57.6 Å². The van der Waals surface area contributed by atoms with Crippen LogP contribution in [0.4, 0.5) is 13.2 Å². The van der Waals surface area contributed by atoms with Gasteiger partial charge in [0.25, 0.3) is 0 Å². The number of aliphatic hydroxyl groups excluding tert-OH is 1. The van der Waals surface area contributed by atoms with Crippen molar-refractivity contribution in [2.45, 2.75) is 19.5 Å². The Labute approximate surface area is 99.3 Å². The maximum absolute atomic E-state index is 12.1. The zero-order valence-corrected chi connectivity index (χ0v) is 10.5.